The first-order valence-electron chi connectivity index (χ1n) is 5.66. The van der Waals surface area contributed by atoms with E-state index in [0.717, 1.165) is 25.3 Å². The summed E-state index contributed by atoms with van der Waals surface area (Å²) in [6.45, 7) is 1.84. The summed E-state index contributed by atoms with van der Waals surface area (Å²) in [6, 6.07) is 0.525. The standard InChI is InChI=1S/C11H18N6/c1-16(2)8-3-6-17(7-8)11-9(10(12)13)14-4-5-15-11/h4-5,8H,3,6-7H2,1-2H3,(H3,12,13). The minimum Gasteiger partial charge on any atom is -0.382 e. The van der Waals surface area contributed by atoms with E-state index in [1.54, 1.807) is 12.4 Å². The first-order valence-corrected chi connectivity index (χ1v) is 5.66. The average molecular weight is 234 g/mol. The molecule has 0 aliphatic carbocycles. The predicted octanol–water partition coefficient (Wildman–Crippen LogP) is -0.0990. The third kappa shape index (κ3) is 2.36. The average Bonchev–Trinajstić information content (AvgIpc) is 2.78. The number of hydrogen-bond acceptors (Lipinski definition) is 5. The number of rotatable bonds is 3. The highest BCUT2D eigenvalue weighted by Gasteiger charge is 2.27. The molecule has 1 aromatic rings. The van der Waals surface area contributed by atoms with Crippen LogP contribution in [0, 0.1) is 5.41 Å². The van der Waals surface area contributed by atoms with Crippen LogP contribution in [0.1, 0.15) is 12.1 Å². The zero-order valence-corrected chi connectivity index (χ0v) is 10.2. The molecule has 1 aromatic heterocycles. The van der Waals surface area contributed by atoms with Crippen molar-refractivity contribution < 1.29 is 0 Å². The Morgan fingerprint density at radius 1 is 1.47 bits per heavy atom. The van der Waals surface area contributed by atoms with Gasteiger partial charge < -0.3 is 15.5 Å². The van der Waals surface area contributed by atoms with Crippen LogP contribution >= 0.6 is 0 Å². The molecule has 0 amide bonds. The number of amidine groups is 1. The molecular weight excluding hydrogens is 216 g/mol. The van der Waals surface area contributed by atoms with E-state index in [1.807, 2.05) is 0 Å². The summed E-state index contributed by atoms with van der Waals surface area (Å²) in [6.07, 6.45) is 4.31. The number of anilines is 1. The number of likely N-dealkylation sites (N-methyl/N-ethyl adjacent to an activating group) is 1. The highest BCUT2D eigenvalue weighted by molar-refractivity contribution is 5.97. The topological polar surface area (TPSA) is 82.1 Å². The Morgan fingerprint density at radius 2 is 2.18 bits per heavy atom. The lowest BCUT2D eigenvalue weighted by Crippen LogP contribution is -2.32. The lowest BCUT2D eigenvalue weighted by atomic mass is 10.2. The first-order chi connectivity index (χ1) is 8.09. The Kier molecular flexibility index (Phi) is 3.23. The monoisotopic (exact) mass is 234 g/mol. The van der Waals surface area contributed by atoms with Crippen LogP contribution in [0.2, 0.25) is 0 Å². The van der Waals surface area contributed by atoms with Gasteiger partial charge in [0.1, 0.15) is 11.5 Å². The molecule has 1 aliphatic rings. The number of nitrogens with one attached hydrogen (secondary N) is 1. The molecule has 1 saturated heterocycles. The Hall–Kier alpha value is -1.69. The molecule has 1 atom stereocenters. The van der Waals surface area contributed by atoms with Gasteiger partial charge in [0.2, 0.25) is 0 Å². The second kappa shape index (κ2) is 4.67. The van der Waals surface area contributed by atoms with Crippen molar-refractivity contribution in [3.05, 3.63) is 18.1 Å². The van der Waals surface area contributed by atoms with Crippen LogP contribution in [0.15, 0.2) is 12.4 Å². The van der Waals surface area contributed by atoms with Crippen molar-refractivity contribution in [1.82, 2.24) is 14.9 Å². The maximum absolute atomic E-state index is 7.51. The summed E-state index contributed by atoms with van der Waals surface area (Å²) in [5, 5.41) is 7.51. The third-order valence-electron chi connectivity index (χ3n) is 3.13. The molecule has 1 unspecified atom stereocenters. The molecule has 0 aromatic carbocycles. The van der Waals surface area contributed by atoms with Crippen LogP contribution in [0.5, 0.6) is 0 Å². The van der Waals surface area contributed by atoms with Crippen LogP contribution in [-0.2, 0) is 0 Å². The zero-order valence-electron chi connectivity index (χ0n) is 10.2. The van der Waals surface area contributed by atoms with Gasteiger partial charge in [0.15, 0.2) is 5.82 Å². The van der Waals surface area contributed by atoms with Gasteiger partial charge in [0.05, 0.1) is 0 Å². The molecule has 1 aliphatic heterocycles. The van der Waals surface area contributed by atoms with E-state index in [-0.39, 0.29) is 5.84 Å². The van der Waals surface area contributed by atoms with Gasteiger partial charge in [-0.2, -0.15) is 0 Å². The summed E-state index contributed by atoms with van der Waals surface area (Å²) in [5.74, 6) is 0.700. The van der Waals surface area contributed by atoms with Gasteiger partial charge in [-0.25, -0.2) is 9.97 Å². The molecular formula is C11H18N6. The molecule has 2 heterocycles. The fourth-order valence-corrected chi connectivity index (χ4v) is 2.11. The van der Waals surface area contributed by atoms with Gasteiger partial charge in [0.25, 0.3) is 0 Å². The van der Waals surface area contributed by atoms with E-state index in [0.29, 0.717) is 11.7 Å². The van der Waals surface area contributed by atoms with Crippen molar-refractivity contribution in [2.24, 2.45) is 5.73 Å². The molecule has 2 rings (SSSR count). The fourth-order valence-electron chi connectivity index (χ4n) is 2.11. The smallest absolute Gasteiger partial charge is 0.158 e. The van der Waals surface area contributed by atoms with Crippen molar-refractivity contribution in [3.63, 3.8) is 0 Å². The van der Waals surface area contributed by atoms with E-state index in [1.165, 1.54) is 0 Å². The maximum atomic E-state index is 7.51. The third-order valence-corrected chi connectivity index (χ3v) is 3.13. The van der Waals surface area contributed by atoms with E-state index in [4.69, 9.17) is 11.1 Å². The highest BCUT2D eigenvalue weighted by atomic mass is 15.3. The Labute approximate surface area is 101 Å². The van der Waals surface area contributed by atoms with Crippen LogP contribution in [-0.4, -0.2) is 53.9 Å². The van der Waals surface area contributed by atoms with Crippen molar-refractivity contribution in [3.8, 4) is 0 Å². The van der Waals surface area contributed by atoms with Crippen LogP contribution in [0.25, 0.3) is 0 Å². The zero-order chi connectivity index (χ0) is 12.4. The van der Waals surface area contributed by atoms with E-state index in [9.17, 15) is 0 Å². The van der Waals surface area contributed by atoms with Crippen LogP contribution in [0.4, 0.5) is 5.82 Å². The molecule has 92 valence electrons. The number of aromatic nitrogens is 2. The number of nitrogens with two attached hydrogens (primary N) is 1. The van der Waals surface area contributed by atoms with Crippen molar-refractivity contribution in [2.75, 3.05) is 32.1 Å². The van der Waals surface area contributed by atoms with E-state index in [2.05, 4.69) is 33.9 Å². The lowest BCUT2D eigenvalue weighted by Gasteiger charge is -2.22. The van der Waals surface area contributed by atoms with E-state index < -0.39 is 0 Å². The largest absolute Gasteiger partial charge is 0.382 e. The molecule has 6 nitrogen and oxygen atoms in total. The molecule has 0 saturated carbocycles. The minimum absolute atomic E-state index is 0.0265. The van der Waals surface area contributed by atoms with Crippen molar-refractivity contribution in [2.45, 2.75) is 12.5 Å². The predicted molar refractivity (Wildman–Crippen MR) is 67.4 cm³/mol. The molecule has 0 radical (unpaired) electrons. The van der Waals surface area contributed by atoms with E-state index >= 15 is 0 Å². The first kappa shape index (κ1) is 11.8. The second-order valence-corrected chi connectivity index (χ2v) is 4.49. The summed E-state index contributed by atoms with van der Waals surface area (Å²) < 4.78 is 0. The SMILES string of the molecule is CN(C)C1CCN(c2nccnc2C(=N)N)C1. The Balaban J connectivity index is 2.21. The summed E-state index contributed by atoms with van der Waals surface area (Å²) in [5.41, 5.74) is 6.00. The molecule has 1 fully saturated rings. The number of nitrogen functional groups attached to an aromatic ring is 1. The molecule has 3 N–H and O–H groups in total. The molecule has 0 spiro atoms. The normalized spacial score (nSPS) is 19.9. The van der Waals surface area contributed by atoms with Crippen molar-refractivity contribution >= 4 is 11.7 Å². The van der Waals surface area contributed by atoms with Gasteiger partial charge in [-0.15, -0.1) is 0 Å². The van der Waals surface area contributed by atoms with Gasteiger partial charge in [-0.1, -0.05) is 0 Å². The Bertz CT molecular complexity index is 416. The quantitative estimate of drug-likeness (QED) is 0.564. The van der Waals surface area contributed by atoms with Crippen molar-refractivity contribution in [1.29, 1.82) is 5.41 Å². The number of hydrogen-bond donors (Lipinski definition) is 2. The number of nitrogens with zero attached hydrogens (tertiary/aromatic N) is 4. The van der Waals surface area contributed by atoms with Gasteiger partial charge >= 0.3 is 0 Å². The Morgan fingerprint density at radius 3 is 2.76 bits per heavy atom. The summed E-state index contributed by atoms with van der Waals surface area (Å²) in [4.78, 5) is 12.8. The maximum Gasteiger partial charge on any atom is 0.158 e. The second-order valence-electron chi connectivity index (χ2n) is 4.49. The molecule has 0 bridgehead atoms. The fraction of sp³-hybridized carbons (Fsp3) is 0.545. The van der Waals surface area contributed by atoms with Crippen LogP contribution < -0.4 is 10.6 Å². The molecule has 17 heavy (non-hydrogen) atoms. The van der Waals surface area contributed by atoms with Gasteiger partial charge in [-0.3, -0.25) is 5.41 Å². The summed E-state index contributed by atoms with van der Waals surface area (Å²) in [7, 11) is 4.16. The summed E-state index contributed by atoms with van der Waals surface area (Å²) >= 11 is 0. The minimum atomic E-state index is -0.0265. The van der Waals surface area contributed by atoms with Crippen LogP contribution in [0.3, 0.4) is 0 Å². The van der Waals surface area contributed by atoms with Gasteiger partial charge in [0, 0.05) is 31.5 Å². The lowest BCUT2D eigenvalue weighted by molar-refractivity contribution is 0.315. The van der Waals surface area contributed by atoms with Gasteiger partial charge in [-0.05, 0) is 20.5 Å². The highest BCUT2D eigenvalue weighted by Crippen LogP contribution is 2.21. The molecule has 6 heteroatoms.